The maximum absolute atomic E-state index is 11.4. The third-order valence-corrected chi connectivity index (χ3v) is 3.82. The van der Waals surface area contributed by atoms with Crippen molar-refractivity contribution >= 4 is 39.2 Å². The summed E-state index contributed by atoms with van der Waals surface area (Å²) < 4.78 is 0.570. The van der Waals surface area contributed by atoms with Crippen LogP contribution in [0.2, 0.25) is 5.02 Å². The third kappa shape index (κ3) is 3.32. The van der Waals surface area contributed by atoms with Gasteiger partial charge in [0.05, 0.1) is 11.3 Å². The lowest BCUT2D eigenvalue weighted by Crippen LogP contribution is -2.19. The molecule has 0 aliphatic heterocycles. The average Bonchev–Trinajstić information content (AvgIpc) is 2.37. The number of carboxylic acid groups (broad SMARTS) is 1. The summed E-state index contributed by atoms with van der Waals surface area (Å²) >= 11 is 9.25. The number of nitrogens with zero attached hydrogens (tertiary/aromatic N) is 1. The summed E-state index contributed by atoms with van der Waals surface area (Å²) in [7, 11) is 1.86. The van der Waals surface area contributed by atoms with Gasteiger partial charge in [0.25, 0.3) is 0 Å². The van der Waals surface area contributed by atoms with Crippen LogP contribution in [0.4, 0.5) is 5.69 Å². The summed E-state index contributed by atoms with van der Waals surface area (Å²) in [4.78, 5) is 13.3. The highest BCUT2D eigenvalue weighted by Gasteiger charge is 2.16. The quantitative estimate of drug-likeness (QED) is 0.882. The summed E-state index contributed by atoms with van der Waals surface area (Å²) in [6.07, 6.45) is 0. The molecular weight excluding hydrogens is 342 g/mol. The second-order valence-corrected chi connectivity index (χ2v) is 5.72. The Morgan fingerprint density at radius 2 is 2.00 bits per heavy atom. The number of carboxylic acids is 1. The van der Waals surface area contributed by atoms with E-state index in [2.05, 4.69) is 15.9 Å². The minimum absolute atomic E-state index is 0.261. The molecule has 20 heavy (non-hydrogen) atoms. The number of hydrogen-bond acceptors (Lipinski definition) is 2. The van der Waals surface area contributed by atoms with E-state index in [9.17, 15) is 9.90 Å². The third-order valence-electron chi connectivity index (χ3n) is 2.93. The van der Waals surface area contributed by atoms with E-state index in [-0.39, 0.29) is 5.56 Å². The van der Waals surface area contributed by atoms with Crippen LogP contribution in [0.15, 0.2) is 46.9 Å². The Balaban J connectivity index is 2.32. The first-order chi connectivity index (χ1) is 9.49. The second kappa shape index (κ2) is 6.29. The number of carbonyl (C=O) groups is 1. The van der Waals surface area contributed by atoms with E-state index in [4.69, 9.17) is 11.6 Å². The maximum Gasteiger partial charge on any atom is 0.338 e. The van der Waals surface area contributed by atoms with Crippen molar-refractivity contribution in [3.63, 3.8) is 0 Å². The zero-order chi connectivity index (χ0) is 14.7. The average molecular weight is 355 g/mol. The highest BCUT2D eigenvalue weighted by molar-refractivity contribution is 9.10. The Hall–Kier alpha value is -1.52. The van der Waals surface area contributed by atoms with Crippen LogP contribution in [-0.4, -0.2) is 18.1 Å². The molecule has 0 aromatic heterocycles. The van der Waals surface area contributed by atoms with Crippen molar-refractivity contribution in [3.8, 4) is 0 Å². The Kier molecular flexibility index (Phi) is 4.68. The molecule has 2 rings (SSSR count). The first-order valence-corrected chi connectivity index (χ1v) is 7.13. The van der Waals surface area contributed by atoms with Crippen LogP contribution in [-0.2, 0) is 6.54 Å². The highest BCUT2D eigenvalue weighted by atomic mass is 79.9. The zero-order valence-corrected chi connectivity index (χ0v) is 13.1. The van der Waals surface area contributed by atoms with Gasteiger partial charge in [-0.1, -0.05) is 29.8 Å². The van der Waals surface area contributed by atoms with Crippen molar-refractivity contribution in [1.29, 1.82) is 0 Å². The molecule has 2 aromatic rings. The minimum atomic E-state index is -0.953. The fourth-order valence-corrected chi connectivity index (χ4v) is 2.78. The second-order valence-electron chi connectivity index (χ2n) is 4.43. The van der Waals surface area contributed by atoms with Crippen LogP contribution in [0.3, 0.4) is 0 Å². The molecule has 104 valence electrons. The minimum Gasteiger partial charge on any atom is -0.478 e. The van der Waals surface area contributed by atoms with Gasteiger partial charge in [-0.3, -0.25) is 0 Å². The summed E-state index contributed by atoms with van der Waals surface area (Å²) in [5.74, 6) is -0.953. The number of rotatable bonds is 4. The van der Waals surface area contributed by atoms with Crippen molar-refractivity contribution in [2.45, 2.75) is 6.54 Å². The summed E-state index contributed by atoms with van der Waals surface area (Å²) in [5, 5.41) is 10.00. The van der Waals surface area contributed by atoms with Gasteiger partial charge >= 0.3 is 5.97 Å². The van der Waals surface area contributed by atoms with E-state index in [1.807, 2.05) is 42.3 Å². The van der Waals surface area contributed by atoms with E-state index in [0.29, 0.717) is 21.7 Å². The van der Waals surface area contributed by atoms with Crippen molar-refractivity contribution in [2.75, 3.05) is 11.9 Å². The van der Waals surface area contributed by atoms with Crippen molar-refractivity contribution in [1.82, 2.24) is 0 Å². The zero-order valence-electron chi connectivity index (χ0n) is 10.8. The molecule has 0 bridgehead atoms. The number of hydrogen-bond donors (Lipinski definition) is 1. The molecule has 0 saturated carbocycles. The number of anilines is 1. The molecule has 0 aliphatic rings. The van der Waals surface area contributed by atoms with E-state index >= 15 is 0 Å². The molecule has 2 aromatic carbocycles. The van der Waals surface area contributed by atoms with E-state index in [0.717, 1.165) is 5.56 Å². The summed E-state index contributed by atoms with van der Waals surface area (Å²) in [6, 6.07) is 12.9. The van der Waals surface area contributed by atoms with Crippen LogP contribution < -0.4 is 4.90 Å². The van der Waals surface area contributed by atoms with Gasteiger partial charge in [-0.05, 0) is 45.8 Å². The molecule has 0 saturated heterocycles. The van der Waals surface area contributed by atoms with Gasteiger partial charge in [0, 0.05) is 23.1 Å². The van der Waals surface area contributed by atoms with Crippen LogP contribution in [0.1, 0.15) is 15.9 Å². The standard InChI is InChI=1S/C15H13BrClNO2/c1-18(9-10-4-2-5-11(17)8-10)13-7-3-6-12(16)14(13)15(19)20/h2-8H,9H2,1H3,(H,19,20). The molecule has 0 aliphatic carbocycles. The lowest BCUT2D eigenvalue weighted by Gasteiger charge is -2.22. The highest BCUT2D eigenvalue weighted by Crippen LogP contribution is 2.28. The van der Waals surface area contributed by atoms with Gasteiger partial charge in [-0.2, -0.15) is 0 Å². The molecule has 1 N–H and O–H groups in total. The van der Waals surface area contributed by atoms with Gasteiger partial charge in [-0.15, -0.1) is 0 Å². The normalized spacial score (nSPS) is 10.3. The van der Waals surface area contributed by atoms with Gasteiger partial charge in [0.2, 0.25) is 0 Å². The smallest absolute Gasteiger partial charge is 0.338 e. The van der Waals surface area contributed by atoms with Crippen LogP contribution in [0.5, 0.6) is 0 Å². The largest absolute Gasteiger partial charge is 0.478 e. The van der Waals surface area contributed by atoms with E-state index in [1.165, 1.54) is 0 Å². The number of halogens is 2. The molecule has 0 heterocycles. The molecule has 0 amide bonds. The van der Waals surface area contributed by atoms with Gasteiger partial charge in [-0.25, -0.2) is 4.79 Å². The lowest BCUT2D eigenvalue weighted by atomic mass is 10.1. The Bertz CT molecular complexity index is 646. The Morgan fingerprint density at radius 1 is 1.30 bits per heavy atom. The Morgan fingerprint density at radius 3 is 2.65 bits per heavy atom. The molecule has 5 heteroatoms. The topological polar surface area (TPSA) is 40.5 Å². The van der Waals surface area contributed by atoms with Crippen molar-refractivity contribution < 1.29 is 9.90 Å². The lowest BCUT2D eigenvalue weighted by molar-refractivity contribution is 0.0696. The van der Waals surface area contributed by atoms with Gasteiger partial charge in [0.1, 0.15) is 0 Å². The molecule has 0 atom stereocenters. The molecule has 0 radical (unpaired) electrons. The predicted molar refractivity (Wildman–Crippen MR) is 84.7 cm³/mol. The fraction of sp³-hybridized carbons (Fsp3) is 0.133. The summed E-state index contributed by atoms with van der Waals surface area (Å²) in [6.45, 7) is 0.581. The van der Waals surface area contributed by atoms with Crippen LogP contribution >= 0.6 is 27.5 Å². The predicted octanol–water partition coefficient (Wildman–Crippen LogP) is 4.44. The monoisotopic (exact) mass is 353 g/mol. The molecule has 0 unspecified atom stereocenters. The maximum atomic E-state index is 11.4. The number of benzene rings is 2. The van der Waals surface area contributed by atoms with Gasteiger partial charge < -0.3 is 10.0 Å². The fourth-order valence-electron chi connectivity index (χ4n) is 2.04. The first-order valence-electron chi connectivity index (χ1n) is 5.96. The molecule has 3 nitrogen and oxygen atoms in total. The van der Waals surface area contributed by atoms with E-state index in [1.54, 1.807) is 12.1 Å². The molecule has 0 fully saturated rings. The Labute approximate surface area is 130 Å². The van der Waals surface area contributed by atoms with Crippen molar-refractivity contribution in [2.24, 2.45) is 0 Å². The van der Waals surface area contributed by atoms with Crippen LogP contribution in [0, 0.1) is 0 Å². The first kappa shape index (κ1) is 14.9. The van der Waals surface area contributed by atoms with Crippen molar-refractivity contribution in [3.05, 3.63) is 63.1 Å². The van der Waals surface area contributed by atoms with Gasteiger partial charge in [0.15, 0.2) is 0 Å². The van der Waals surface area contributed by atoms with Crippen LogP contribution in [0.25, 0.3) is 0 Å². The SMILES string of the molecule is CN(Cc1cccc(Cl)c1)c1cccc(Br)c1C(=O)O. The number of aromatic carboxylic acids is 1. The van der Waals surface area contributed by atoms with E-state index < -0.39 is 5.97 Å². The summed E-state index contributed by atoms with van der Waals surface area (Å²) in [5.41, 5.74) is 1.94. The molecular formula is C15H13BrClNO2. The molecule has 0 spiro atoms.